The summed E-state index contributed by atoms with van der Waals surface area (Å²) in [7, 11) is 0. The first kappa shape index (κ1) is 22.1. The standard InChI is InChI=1S/C16H16ClF3N4O.ClH/c1-8(2)14-22-7-12(17)13(24-14)15(25)23-11-4-9(6-21)3-10(5-11)16(18,19)20;/h3-5,7-8H,6,21H2,1-2H3,(H,23,25);1H. The van der Waals surface area contributed by atoms with Crippen LogP contribution in [0.5, 0.6) is 0 Å². The fraction of sp³-hybridized carbons (Fsp3) is 0.312. The Morgan fingerprint density at radius 1 is 1.31 bits per heavy atom. The molecule has 2 rings (SSSR count). The number of nitrogens with one attached hydrogen (secondary N) is 1. The molecule has 0 fully saturated rings. The van der Waals surface area contributed by atoms with Crippen molar-refractivity contribution in [2.24, 2.45) is 5.73 Å². The molecule has 1 aromatic heterocycles. The number of nitrogens with two attached hydrogens (primary N) is 1. The van der Waals surface area contributed by atoms with Gasteiger partial charge in [-0.25, -0.2) is 9.97 Å². The highest BCUT2D eigenvalue weighted by atomic mass is 35.5. The summed E-state index contributed by atoms with van der Waals surface area (Å²) in [5.41, 5.74) is 4.62. The second-order valence-electron chi connectivity index (χ2n) is 5.65. The van der Waals surface area contributed by atoms with Gasteiger partial charge in [0.15, 0.2) is 5.69 Å². The molecule has 26 heavy (non-hydrogen) atoms. The predicted molar refractivity (Wildman–Crippen MR) is 95.7 cm³/mol. The minimum atomic E-state index is -4.55. The molecule has 0 aliphatic rings. The lowest BCUT2D eigenvalue weighted by atomic mass is 10.1. The van der Waals surface area contributed by atoms with Crippen LogP contribution in [0.25, 0.3) is 0 Å². The van der Waals surface area contributed by atoms with E-state index < -0.39 is 17.6 Å². The second kappa shape index (κ2) is 8.66. The van der Waals surface area contributed by atoms with Gasteiger partial charge in [-0.2, -0.15) is 13.2 Å². The Bertz CT molecular complexity index is 798. The van der Waals surface area contributed by atoms with Crippen molar-refractivity contribution < 1.29 is 18.0 Å². The Kier molecular flexibility index (Phi) is 7.37. The maximum atomic E-state index is 13.0. The van der Waals surface area contributed by atoms with E-state index in [1.54, 1.807) is 0 Å². The molecule has 1 amide bonds. The lowest BCUT2D eigenvalue weighted by molar-refractivity contribution is -0.137. The van der Waals surface area contributed by atoms with Crippen LogP contribution in [0.15, 0.2) is 24.4 Å². The number of benzene rings is 1. The largest absolute Gasteiger partial charge is 0.416 e. The van der Waals surface area contributed by atoms with Gasteiger partial charge in [0.1, 0.15) is 5.82 Å². The Hall–Kier alpha value is -1.90. The number of nitrogens with zero attached hydrogens (tertiary/aromatic N) is 2. The minimum absolute atomic E-state index is 0. The van der Waals surface area contributed by atoms with E-state index in [2.05, 4.69) is 15.3 Å². The number of anilines is 1. The molecule has 0 radical (unpaired) electrons. The molecule has 0 atom stereocenters. The highest BCUT2D eigenvalue weighted by molar-refractivity contribution is 6.33. The summed E-state index contributed by atoms with van der Waals surface area (Å²) < 4.78 is 38.9. The zero-order chi connectivity index (χ0) is 18.8. The Morgan fingerprint density at radius 2 is 1.96 bits per heavy atom. The zero-order valence-corrected chi connectivity index (χ0v) is 15.5. The van der Waals surface area contributed by atoms with Gasteiger partial charge in [-0.1, -0.05) is 25.4 Å². The van der Waals surface area contributed by atoms with Crippen LogP contribution in [0.3, 0.4) is 0 Å². The number of aromatic nitrogens is 2. The Labute approximate surface area is 159 Å². The molecule has 10 heteroatoms. The van der Waals surface area contributed by atoms with Crippen molar-refractivity contribution in [2.75, 3.05) is 5.32 Å². The van der Waals surface area contributed by atoms with E-state index in [9.17, 15) is 18.0 Å². The number of hydrogen-bond acceptors (Lipinski definition) is 4. The number of halogens is 5. The molecular formula is C16H17Cl2F3N4O. The normalized spacial score (nSPS) is 11.2. The Morgan fingerprint density at radius 3 is 2.50 bits per heavy atom. The molecule has 1 heterocycles. The zero-order valence-electron chi connectivity index (χ0n) is 13.9. The van der Waals surface area contributed by atoms with Gasteiger partial charge >= 0.3 is 6.18 Å². The predicted octanol–water partition coefficient (Wildman–Crippen LogP) is 4.41. The fourth-order valence-electron chi connectivity index (χ4n) is 2.05. The average molecular weight is 409 g/mol. The smallest absolute Gasteiger partial charge is 0.326 e. The molecule has 3 N–H and O–H groups in total. The van der Waals surface area contributed by atoms with Crippen molar-refractivity contribution in [1.29, 1.82) is 0 Å². The van der Waals surface area contributed by atoms with E-state index in [0.29, 0.717) is 5.82 Å². The van der Waals surface area contributed by atoms with Gasteiger partial charge in [0.25, 0.3) is 5.91 Å². The fourth-order valence-corrected chi connectivity index (χ4v) is 2.23. The number of carbonyl (C=O) groups excluding carboxylic acids is 1. The SMILES string of the molecule is CC(C)c1ncc(Cl)c(C(=O)Nc2cc(CN)cc(C(F)(F)F)c2)n1.Cl. The summed E-state index contributed by atoms with van der Waals surface area (Å²) >= 11 is 5.94. The number of rotatable bonds is 4. The van der Waals surface area contributed by atoms with Crippen LogP contribution in [0.1, 0.15) is 47.2 Å². The third kappa shape index (κ3) is 5.30. The Balaban J connectivity index is 0.00000338. The van der Waals surface area contributed by atoms with Crippen LogP contribution in [0, 0.1) is 0 Å². The second-order valence-corrected chi connectivity index (χ2v) is 6.06. The highest BCUT2D eigenvalue weighted by Crippen LogP contribution is 2.32. The third-order valence-corrected chi connectivity index (χ3v) is 3.58. The monoisotopic (exact) mass is 408 g/mol. The van der Waals surface area contributed by atoms with Crippen molar-refractivity contribution in [3.63, 3.8) is 0 Å². The van der Waals surface area contributed by atoms with E-state index in [0.717, 1.165) is 12.1 Å². The number of alkyl halides is 3. The molecule has 0 unspecified atom stereocenters. The van der Waals surface area contributed by atoms with Crippen molar-refractivity contribution in [3.8, 4) is 0 Å². The molecule has 0 aliphatic carbocycles. The maximum Gasteiger partial charge on any atom is 0.416 e. The molecule has 0 aliphatic heterocycles. The molecule has 0 bridgehead atoms. The topological polar surface area (TPSA) is 80.9 Å². The van der Waals surface area contributed by atoms with E-state index in [4.69, 9.17) is 17.3 Å². The van der Waals surface area contributed by atoms with E-state index in [1.807, 2.05) is 13.8 Å². The lowest BCUT2D eigenvalue weighted by Gasteiger charge is -2.13. The molecule has 0 saturated carbocycles. The molecule has 5 nitrogen and oxygen atoms in total. The molecular weight excluding hydrogens is 392 g/mol. The van der Waals surface area contributed by atoms with Crippen LogP contribution in [0.4, 0.5) is 18.9 Å². The molecule has 0 saturated heterocycles. The maximum absolute atomic E-state index is 13.0. The van der Waals surface area contributed by atoms with Gasteiger partial charge in [0.05, 0.1) is 16.8 Å². The van der Waals surface area contributed by atoms with E-state index in [-0.39, 0.29) is 46.8 Å². The van der Waals surface area contributed by atoms with Crippen LogP contribution >= 0.6 is 24.0 Å². The lowest BCUT2D eigenvalue weighted by Crippen LogP contribution is -2.17. The first-order valence-corrected chi connectivity index (χ1v) is 7.74. The van der Waals surface area contributed by atoms with Gasteiger partial charge in [-0.3, -0.25) is 4.79 Å². The summed E-state index contributed by atoms with van der Waals surface area (Å²) in [5.74, 6) is -0.362. The quantitative estimate of drug-likeness (QED) is 0.784. The van der Waals surface area contributed by atoms with Crippen molar-refractivity contribution in [1.82, 2.24) is 9.97 Å². The molecule has 2 aromatic rings. The first-order chi connectivity index (χ1) is 11.6. The minimum Gasteiger partial charge on any atom is -0.326 e. The van der Waals surface area contributed by atoms with Crippen LogP contribution in [0.2, 0.25) is 5.02 Å². The molecule has 1 aromatic carbocycles. The van der Waals surface area contributed by atoms with Gasteiger partial charge in [0, 0.05) is 18.2 Å². The van der Waals surface area contributed by atoms with E-state index >= 15 is 0 Å². The van der Waals surface area contributed by atoms with Gasteiger partial charge < -0.3 is 11.1 Å². The van der Waals surface area contributed by atoms with Gasteiger partial charge in [0.2, 0.25) is 0 Å². The summed E-state index contributed by atoms with van der Waals surface area (Å²) in [6.45, 7) is 3.58. The van der Waals surface area contributed by atoms with Crippen LogP contribution in [-0.2, 0) is 12.7 Å². The van der Waals surface area contributed by atoms with E-state index in [1.165, 1.54) is 12.3 Å². The summed E-state index contributed by atoms with van der Waals surface area (Å²) in [6.07, 6.45) is -3.27. The van der Waals surface area contributed by atoms with Crippen molar-refractivity contribution in [2.45, 2.75) is 32.5 Å². The highest BCUT2D eigenvalue weighted by Gasteiger charge is 2.31. The molecule has 0 spiro atoms. The van der Waals surface area contributed by atoms with Gasteiger partial charge in [-0.05, 0) is 23.8 Å². The average Bonchev–Trinajstić information content (AvgIpc) is 2.53. The van der Waals surface area contributed by atoms with Crippen LogP contribution < -0.4 is 11.1 Å². The summed E-state index contributed by atoms with van der Waals surface area (Å²) in [4.78, 5) is 20.5. The number of hydrogen-bond donors (Lipinski definition) is 2. The first-order valence-electron chi connectivity index (χ1n) is 7.36. The number of amides is 1. The van der Waals surface area contributed by atoms with Gasteiger partial charge in [-0.15, -0.1) is 12.4 Å². The van der Waals surface area contributed by atoms with Crippen molar-refractivity contribution >= 4 is 35.6 Å². The third-order valence-electron chi connectivity index (χ3n) is 3.31. The van der Waals surface area contributed by atoms with Crippen molar-refractivity contribution in [3.05, 3.63) is 52.1 Å². The summed E-state index contributed by atoms with van der Waals surface area (Å²) in [6, 6.07) is 3.13. The van der Waals surface area contributed by atoms with Crippen LogP contribution in [-0.4, -0.2) is 15.9 Å². The summed E-state index contributed by atoms with van der Waals surface area (Å²) in [5, 5.41) is 2.39. The molecule has 142 valence electrons. The number of carbonyl (C=O) groups is 1.